The molecule has 3 rings (SSSR count). The Bertz CT molecular complexity index is 1040. The minimum absolute atomic E-state index is 0.0767. The highest BCUT2D eigenvalue weighted by molar-refractivity contribution is 7.16. The van der Waals surface area contributed by atoms with Crippen LogP contribution in [-0.4, -0.2) is 23.1 Å². The van der Waals surface area contributed by atoms with Crippen molar-refractivity contribution < 1.29 is 18.7 Å². The second-order valence-corrected chi connectivity index (χ2v) is 6.25. The summed E-state index contributed by atoms with van der Waals surface area (Å²) in [6.07, 6.45) is 0. The number of ether oxygens (including phenoxy) is 1. The molecule has 0 saturated carbocycles. The van der Waals surface area contributed by atoms with Gasteiger partial charge in [0.2, 0.25) is 0 Å². The van der Waals surface area contributed by atoms with Gasteiger partial charge in [-0.15, -0.1) is 0 Å². The van der Waals surface area contributed by atoms with Crippen molar-refractivity contribution in [3.8, 4) is 0 Å². The summed E-state index contributed by atoms with van der Waals surface area (Å²) >= 11 is 1.25. The second kappa shape index (κ2) is 6.98. The molecule has 3 aromatic rings. The van der Waals surface area contributed by atoms with Crippen LogP contribution in [0.15, 0.2) is 47.5 Å². The summed E-state index contributed by atoms with van der Waals surface area (Å²) < 4.78 is 21.2. The average molecular weight is 358 g/mol. The van der Waals surface area contributed by atoms with Gasteiger partial charge in [-0.25, -0.2) is 9.18 Å². The van der Waals surface area contributed by atoms with E-state index >= 15 is 0 Å². The van der Waals surface area contributed by atoms with E-state index < -0.39 is 17.7 Å². The molecule has 1 aromatic heterocycles. The SMILES string of the molecule is CCOC(=O)c1ccc2c(c1)sc(=NC(=O)c1ccccc1F)n2C. The number of hydrogen-bond acceptors (Lipinski definition) is 4. The Morgan fingerprint density at radius 1 is 1.24 bits per heavy atom. The van der Waals surface area contributed by atoms with Crippen LogP contribution in [0, 0.1) is 5.82 Å². The van der Waals surface area contributed by atoms with E-state index in [9.17, 15) is 14.0 Å². The maximum Gasteiger partial charge on any atom is 0.338 e. The van der Waals surface area contributed by atoms with Crippen LogP contribution in [0.5, 0.6) is 0 Å². The summed E-state index contributed by atoms with van der Waals surface area (Å²) in [4.78, 5) is 28.5. The molecule has 0 spiro atoms. The van der Waals surface area contributed by atoms with Crippen molar-refractivity contribution in [2.24, 2.45) is 12.0 Å². The number of fused-ring (bicyclic) bond motifs is 1. The van der Waals surface area contributed by atoms with Gasteiger partial charge in [-0.2, -0.15) is 4.99 Å². The van der Waals surface area contributed by atoms with Gasteiger partial charge in [0, 0.05) is 7.05 Å². The first-order chi connectivity index (χ1) is 12.0. The van der Waals surface area contributed by atoms with Crippen LogP contribution in [0.25, 0.3) is 10.2 Å². The minimum Gasteiger partial charge on any atom is -0.462 e. The summed E-state index contributed by atoms with van der Waals surface area (Å²) in [5, 5.41) is 0. The molecule has 0 aliphatic carbocycles. The van der Waals surface area contributed by atoms with Crippen molar-refractivity contribution in [3.05, 3.63) is 64.2 Å². The molecule has 0 N–H and O–H groups in total. The molecule has 5 nitrogen and oxygen atoms in total. The van der Waals surface area contributed by atoms with Crippen LogP contribution in [-0.2, 0) is 11.8 Å². The number of carbonyl (C=O) groups is 2. The Morgan fingerprint density at radius 3 is 2.72 bits per heavy atom. The zero-order valence-corrected chi connectivity index (χ0v) is 14.5. The van der Waals surface area contributed by atoms with Gasteiger partial charge >= 0.3 is 5.97 Å². The molecule has 1 amide bonds. The van der Waals surface area contributed by atoms with Crippen LogP contribution in [0.4, 0.5) is 4.39 Å². The van der Waals surface area contributed by atoms with Gasteiger partial charge in [-0.3, -0.25) is 4.79 Å². The fourth-order valence-electron chi connectivity index (χ4n) is 2.36. The lowest BCUT2D eigenvalue weighted by Gasteiger charge is -2.01. The molecule has 2 aromatic carbocycles. The Morgan fingerprint density at radius 2 is 2.00 bits per heavy atom. The molecule has 1 heterocycles. The largest absolute Gasteiger partial charge is 0.462 e. The third kappa shape index (κ3) is 3.36. The number of carbonyl (C=O) groups excluding carboxylic acids is 2. The first kappa shape index (κ1) is 17.0. The molecule has 25 heavy (non-hydrogen) atoms. The number of thiazole rings is 1. The van der Waals surface area contributed by atoms with E-state index in [4.69, 9.17) is 4.74 Å². The Balaban J connectivity index is 2.05. The zero-order valence-electron chi connectivity index (χ0n) is 13.7. The molecule has 7 heteroatoms. The van der Waals surface area contributed by atoms with E-state index in [1.165, 1.54) is 29.5 Å². The van der Waals surface area contributed by atoms with Crippen molar-refractivity contribution in [2.45, 2.75) is 6.92 Å². The predicted molar refractivity (Wildman–Crippen MR) is 93.0 cm³/mol. The normalized spacial score (nSPS) is 11.7. The topological polar surface area (TPSA) is 60.7 Å². The van der Waals surface area contributed by atoms with Crippen LogP contribution in [0.2, 0.25) is 0 Å². The molecule has 0 aliphatic heterocycles. The highest BCUT2D eigenvalue weighted by atomic mass is 32.1. The number of benzene rings is 2. The lowest BCUT2D eigenvalue weighted by molar-refractivity contribution is 0.0526. The van der Waals surface area contributed by atoms with Crippen molar-refractivity contribution >= 4 is 33.4 Å². The first-order valence-electron chi connectivity index (χ1n) is 7.61. The van der Waals surface area contributed by atoms with E-state index in [2.05, 4.69) is 4.99 Å². The van der Waals surface area contributed by atoms with E-state index in [1.54, 1.807) is 42.8 Å². The number of amides is 1. The molecular formula is C18H15FN2O3S. The number of halogens is 1. The van der Waals surface area contributed by atoms with Crippen LogP contribution >= 0.6 is 11.3 Å². The number of esters is 1. The Kier molecular flexibility index (Phi) is 4.76. The van der Waals surface area contributed by atoms with Gasteiger partial charge in [0.25, 0.3) is 5.91 Å². The van der Waals surface area contributed by atoms with Crippen LogP contribution < -0.4 is 4.80 Å². The molecule has 0 saturated heterocycles. The van der Waals surface area contributed by atoms with E-state index in [0.717, 1.165) is 10.2 Å². The van der Waals surface area contributed by atoms with E-state index in [1.807, 2.05) is 0 Å². The second-order valence-electron chi connectivity index (χ2n) is 5.24. The highest BCUT2D eigenvalue weighted by Crippen LogP contribution is 2.19. The fraction of sp³-hybridized carbons (Fsp3) is 0.167. The van der Waals surface area contributed by atoms with Crippen LogP contribution in [0.3, 0.4) is 0 Å². The Hall–Kier alpha value is -2.80. The van der Waals surface area contributed by atoms with Crippen LogP contribution in [0.1, 0.15) is 27.6 Å². The number of rotatable bonds is 3. The number of hydrogen-bond donors (Lipinski definition) is 0. The maximum atomic E-state index is 13.7. The van der Waals surface area contributed by atoms with E-state index in [-0.39, 0.29) is 5.56 Å². The minimum atomic E-state index is -0.647. The molecule has 128 valence electrons. The third-order valence-electron chi connectivity index (χ3n) is 3.62. The molecule has 0 bridgehead atoms. The quantitative estimate of drug-likeness (QED) is 0.675. The monoisotopic (exact) mass is 358 g/mol. The number of aromatic nitrogens is 1. The summed E-state index contributed by atoms with van der Waals surface area (Å²) in [5.41, 5.74) is 1.17. The smallest absolute Gasteiger partial charge is 0.338 e. The average Bonchev–Trinajstić information content (AvgIpc) is 2.90. The van der Waals surface area contributed by atoms with E-state index in [0.29, 0.717) is 17.0 Å². The standard InChI is InChI=1S/C18H15FN2O3S/c1-3-24-17(23)11-8-9-14-15(10-11)25-18(21(14)2)20-16(22)12-6-4-5-7-13(12)19/h4-10H,3H2,1-2H3. The highest BCUT2D eigenvalue weighted by Gasteiger charge is 2.13. The summed E-state index contributed by atoms with van der Waals surface area (Å²) in [7, 11) is 1.76. The first-order valence-corrected chi connectivity index (χ1v) is 8.43. The molecule has 0 unspecified atom stereocenters. The lowest BCUT2D eigenvalue weighted by atomic mass is 10.2. The fourth-order valence-corrected chi connectivity index (χ4v) is 3.42. The summed E-state index contributed by atoms with van der Waals surface area (Å²) in [5.74, 6) is -1.66. The summed E-state index contributed by atoms with van der Waals surface area (Å²) in [6, 6.07) is 10.8. The van der Waals surface area contributed by atoms with Gasteiger partial charge in [0.05, 0.1) is 28.0 Å². The molecule has 0 atom stereocenters. The number of nitrogens with zero attached hydrogens (tertiary/aromatic N) is 2. The van der Waals surface area contributed by atoms with Gasteiger partial charge in [0.1, 0.15) is 5.82 Å². The Labute approximate surface area is 147 Å². The van der Waals surface area contributed by atoms with Gasteiger partial charge in [-0.1, -0.05) is 23.5 Å². The molecule has 0 aliphatic rings. The lowest BCUT2D eigenvalue weighted by Crippen LogP contribution is -2.13. The van der Waals surface area contributed by atoms with Crippen molar-refractivity contribution in [1.82, 2.24) is 4.57 Å². The zero-order chi connectivity index (χ0) is 18.0. The molecule has 0 radical (unpaired) electrons. The third-order valence-corrected chi connectivity index (χ3v) is 4.72. The predicted octanol–water partition coefficient (Wildman–Crippen LogP) is 3.30. The molecule has 0 fully saturated rings. The summed E-state index contributed by atoms with van der Waals surface area (Å²) in [6.45, 7) is 2.04. The maximum absolute atomic E-state index is 13.7. The number of aryl methyl sites for hydroxylation is 1. The molecular weight excluding hydrogens is 343 g/mol. The van der Waals surface area contributed by atoms with Crippen molar-refractivity contribution in [1.29, 1.82) is 0 Å². The van der Waals surface area contributed by atoms with Gasteiger partial charge in [-0.05, 0) is 37.3 Å². The van der Waals surface area contributed by atoms with Gasteiger partial charge < -0.3 is 9.30 Å². The van der Waals surface area contributed by atoms with Crippen molar-refractivity contribution in [2.75, 3.05) is 6.61 Å². The van der Waals surface area contributed by atoms with Gasteiger partial charge in [0.15, 0.2) is 4.80 Å². The van der Waals surface area contributed by atoms with Crippen molar-refractivity contribution in [3.63, 3.8) is 0 Å².